The van der Waals surface area contributed by atoms with E-state index in [2.05, 4.69) is 10.3 Å². The molecule has 1 heterocycles. The Bertz CT molecular complexity index is 572. The lowest BCUT2D eigenvalue weighted by atomic mass is 10.3. The fourth-order valence-corrected chi connectivity index (χ4v) is 1.61. The maximum Gasteiger partial charge on any atom is 0.265 e. The molecular formula is C15H16N2O3. The molecule has 1 amide bonds. The van der Waals surface area contributed by atoms with Gasteiger partial charge in [0.15, 0.2) is 6.10 Å². The number of nitrogens with one attached hydrogen (secondary N) is 1. The van der Waals surface area contributed by atoms with Crippen LogP contribution in [0.4, 0.5) is 5.69 Å². The predicted octanol–water partition coefficient (Wildman–Crippen LogP) is 2.50. The molecule has 1 aromatic heterocycles. The molecule has 0 bridgehead atoms. The molecule has 2 rings (SSSR count). The number of ether oxygens (including phenoxy) is 2. The zero-order chi connectivity index (χ0) is 14.4. The normalized spacial score (nSPS) is 11.5. The molecule has 1 aromatic carbocycles. The van der Waals surface area contributed by atoms with Crippen LogP contribution in [0.25, 0.3) is 0 Å². The second-order valence-corrected chi connectivity index (χ2v) is 4.17. The van der Waals surface area contributed by atoms with Crippen molar-refractivity contribution in [2.24, 2.45) is 0 Å². The van der Waals surface area contributed by atoms with E-state index in [1.54, 1.807) is 56.8 Å². The van der Waals surface area contributed by atoms with Crippen LogP contribution in [-0.2, 0) is 4.79 Å². The molecule has 1 N–H and O–H groups in total. The average molecular weight is 272 g/mol. The van der Waals surface area contributed by atoms with E-state index in [1.807, 2.05) is 6.07 Å². The van der Waals surface area contributed by atoms with Gasteiger partial charge in [-0.3, -0.25) is 9.78 Å². The molecule has 20 heavy (non-hydrogen) atoms. The molecule has 0 radical (unpaired) electrons. The van der Waals surface area contributed by atoms with Crippen LogP contribution in [0.1, 0.15) is 6.92 Å². The third-order valence-electron chi connectivity index (χ3n) is 2.65. The maximum atomic E-state index is 12.0. The smallest absolute Gasteiger partial charge is 0.265 e. The van der Waals surface area contributed by atoms with Crippen molar-refractivity contribution in [3.8, 4) is 11.5 Å². The van der Waals surface area contributed by atoms with Gasteiger partial charge in [-0.2, -0.15) is 0 Å². The van der Waals surface area contributed by atoms with Crippen molar-refractivity contribution >= 4 is 11.6 Å². The Morgan fingerprint density at radius 2 is 2.05 bits per heavy atom. The first kappa shape index (κ1) is 13.9. The van der Waals surface area contributed by atoms with Crippen molar-refractivity contribution in [3.05, 3.63) is 48.8 Å². The maximum absolute atomic E-state index is 12.0. The van der Waals surface area contributed by atoms with Gasteiger partial charge in [-0.05, 0) is 31.2 Å². The molecular weight excluding hydrogens is 256 g/mol. The standard InChI is InChI=1S/C15H16N2O3/c1-11(15(18)17-12-5-4-8-16-10-12)20-14-7-3-6-13(9-14)19-2/h3-11H,1-2H3,(H,17,18)/t11-/m0/s1. The molecule has 0 spiro atoms. The summed E-state index contributed by atoms with van der Waals surface area (Å²) < 4.78 is 10.7. The number of pyridine rings is 1. The summed E-state index contributed by atoms with van der Waals surface area (Å²) in [4.78, 5) is 15.9. The Balaban J connectivity index is 1.97. The number of carbonyl (C=O) groups is 1. The lowest BCUT2D eigenvalue weighted by molar-refractivity contribution is -0.122. The summed E-state index contributed by atoms with van der Waals surface area (Å²) in [6.45, 7) is 1.69. The van der Waals surface area contributed by atoms with Crippen LogP contribution < -0.4 is 14.8 Å². The number of benzene rings is 1. The summed E-state index contributed by atoms with van der Waals surface area (Å²) in [6.07, 6.45) is 2.60. The second-order valence-electron chi connectivity index (χ2n) is 4.17. The van der Waals surface area contributed by atoms with E-state index in [4.69, 9.17) is 9.47 Å². The molecule has 5 nitrogen and oxygen atoms in total. The number of aromatic nitrogens is 1. The number of hydrogen-bond donors (Lipinski definition) is 1. The second kappa shape index (κ2) is 6.56. The van der Waals surface area contributed by atoms with E-state index in [1.165, 1.54) is 0 Å². The van der Waals surface area contributed by atoms with Gasteiger partial charge in [0.25, 0.3) is 5.91 Å². The summed E-state index contributed by atoms with van der Waals surface area (Å²) in [5.41, 5.74) is 0.638. The van der Waals surface area contributed by atoms with Gasteiger partial charge >= 0.3 is 0 Å². The first-order chi connectivity index (χ1) is 9.69. The lowest BCUT2D eigenvalue weighted by Gasteiger charge is -2.15. The van der Waals surface area contributed by atoms with E-state index in [-0.39, 0.29) is 5.91 Å². The van der Waals surface area contributed by atoms with E-state index < -0.39 is 6.10 Å². The van der Waals surface area contributed by atoms with E-state index in [0.717, 1.165) is 0 Å². The zero-order valence-electron chi connectivity index (χ0n) is 11.4. The molecule has 0 saturated heterocycles. The van der Waals surface area contributed by atoms with Gasteiger partial charge in [0, 0.05) is 12.3 Å². The molecule has 0 aliphatic rings. The van der Waals surface area contributed by atoms with Crippen LogP contribution in [0.3, 0.4) is 0 Å². The molecule has 0 fully saturated rings. The summed E-state index contributed by atoms with van der Waals surface area (Å²) in [5.74, 6) is 1.03. The number of amides is 1. The van der Waals surface area contributed by atoms with Crippen LogP contribution in [-0.4, -0.2) is 24.1 Å². The monoisotopic (exact) mass is 272 g/mol. The highest BCUT2D eigenvalue weighted by Crippen LogP contribution is 2.20. The van der Waals surface area contributed by atoms with Crippen molar-refractivity contribution < 1.29 is 14.3 Å². The molecule has 5 heteroatoms. The highest BCUT2D eigenvalue weighted by atomic mass is 16.5. The zero-order valence-corrected chi connectivity index (χ0v) is 11.4. The first-order valence-corrected chi connectivity index (χ1v) is 6.20. The van der Waals surface area contributed by atoms with Gasteiger partial charge in [-0.25, -0.2) is 0 Å². The number of anilines is 1. The molecule has 104 valence electrons. The van der Waals surface area contributed by atoms with Gasteiger partial charge in [0.05, 0.1) is 19.0 Å². The lowest BCUT2D eigenvalue weighted by Crippen LogP contribution is -2.30. The average Bonchev–Trinajstić information content (AvgIpc) is 2.48. The van der Waals surface area contributed by atoms with E-state index >= 15 is 0 Å². The van der Waals surface area contributed by atoms with Gasteiger partial charge < -0.3 is 14.8 Å². The van der Waals surface area contributed by atoms with Crippen molar-refractivity contribution in [2.75, 3.05) is 12.4 Å². The molecule has 0 saturated carbocycles. The number of rotatable bonds is 5. The van der Waals surface area contributed by atoms with Crippen LogP contribution in [0, 0.1) is 0 Å². The SMILES string of the molecule is COc1cccc(O[C@@H](C)C(=O)Nc2cccnc2)c1. The highest BCUT2D eigenvalue weighted by molar-refractivity contribution is 5.93. The number of carbonyl (C=O) groups excluding carboxylic acids is 1. The quantitative estimate of drug-likeness (QED) is 0.908. The summed E-state index contributed by atoms with van der Waals surface area (Å²) in [6, 6.07) is 10.6. The minimum Gasteiger partial charge on any atom is -0.497 e. The summed E-state index contributed by atoms with van der Waals surface area (Å²) >= 11 is 0. The Morgan fingerprint density at radius 1 is 1.25 bits per heavy atom. The molecule has 1 atom stereocenters. The van der Waals surface area contributed by atoms with Crippen LogP contribution in [0.5, 0.6) is 11.5 Å². The molecule has 0 aliphatic carbocycles. The highest BCUT2D eigenvalue weighted by Gasteiger charge is 2.15. The fourth-order valence-electron chi connectivity index (χ4n) is 1.61. The summed E-state index contributed by atoms with van der Waals surface area (Å²) in [7, 11) is 1.58. The van der Waals surface area contributed by atoms with Crippen LogP contribution >= 0.6 is 0 Å². The van der Waals surface area contributed by atoms with Gasteiger partial charge in [0.2, 0.25) is 0 Å². The first-order valence-electron chi connectivity index (χ1n) is 6.20. The van der Waals surface area contributed by atoms with Crippen LogP contribution in [0.2, 0.25) is 0 Å². The van der Waals surface area contributed by atoms with Crippen molar-refractivity contribution in [2.45, 2.75) is 13.0 Å². The number of hydrogen-bond acceptors (Lipinski definition) is 4. The molecule has 2 aromatic rings. The van der Waals surface area contributed by atoms with Crippen molar-refractivity contribution in [1.82, 2.24) is 4.98 Å². The Labute approximate surface area is 117 Å². The Hall–Kier alpha value is -2.56. The van der Waals surface area contributed by atoms with Crippen molar-refractivity contribution in [3.63, 3.8) is 0 Å². The van der Waals surface area contributed by atoms with Crippen molar-refractivity contribution in [1.29, 1.82) is 0 Å². The summed E-state index contributed by atoms with van der Waals surface area (Å²) in [5, 5.41) is 2.73. The third kappa shape index (κ3) is 3.71. The van der Waals surface area contributed by atoms with E-state index in [0.29, 0.717) is 17.2 Å². The molecule has 0 aliphatic heterocycles. The largest absolute Gasteiger partial charge is 0.497 e. The van der Waals surface area contributed by atoms with Crippen LogP contribution in [0.15, 0.2) is 48.8 Å². The van der Waals surface area contributed by atoms with Gasteiger partial charge in [-0.1, -0.05) is 6.07 Å². The minimum absolute atomic E-state index is 0.235. The fraction of sp³-hybridized carbons (Fsp3) is 0.200. The molecule has 0 unspecified atom stereocenters. The number of nitrogens with zero attached hydrogens (tertiary/aromatic N) is 1. The Kier molecular flexibility index (Phi) is 4.55. The predicted molar refractivity (Wildman–Crippen MR) is 76.0 cm³/mol. The topological polar surface area (TPSA) is 60.5 Å². The Morgan fingerprint density at radius 3 is 2.75 bits per heavy atom. The van der Waals surface area contributed by atoms with Gasteiger partial charge in [0.1, 0.15) is 11.5 Å². The van der Waals surface area contributed by atoms with Gasteiger partial charge in [-0.15, -0.1) is 0 Å². The third-order valence-corrected chi connectivity index (χ3v) is 2.65. The van der Waals surface area contributed by atoms with E-state index in [9.17, 15) is 4.79 Å². The minimum atomic E-state index is -0.623. The number of methoxy groups -OCH3 is 1.